The average molecular weight is 138 g/mol. The first-order valence-corrected chi connectivity index (χ1v) is 3.51. The molecule has 0 aromatic heterocycles. The van der Waals surface area contributed by atoms with Crippen molar-refractivity contribution in [2.75, 3.05) is 0 Å². The van der Waals surface area contributed by atoms with E-state index >= 15 is 0 Å². The summed E-state index contributed by atoms with van der Waals surface area (Å²) in [6.45, 7) is 1.91. The van der Waals surface area contributed by atoms with Gasteiger partial charge in [-0.3, -0.25) is 4.79 Å². The Morgan fingerprint density at radius 1 is 1.70 bits per heavy atom. The molecule has 1 saturated carbocycles. The maximum atomic E-state index is 10.9. The summed E-state index contributed by atoms with van der Waals surface area (Å²) in [5, 5.41) is 0. The Labute approximate surface area is 59.7 Å². The van der Waals surface area contributed by atoms with Crippen LogP contribution >= 0.6 is 0 Å². The van der Waals surface area contributed by atoms with Gasteiger partial charge in [-0.05, 0) is 12.8 Å². The molecule has 1 aliphatic rings. The maximum Gasteiger partial charge on any atom is 0.337 e. The van der Waals surface area contributed by atoms with Crippen LogP contribution in [0.1, 0.15) is 26.2 Å². The number of Topliss-reactive ketones (excluding diaryl/α,β-unsaturated/α-hetero) is 1. The van der Waals surface area contributed by atoms with Crippen molar-refractivity contribution in [2.45, 2.75) is 26.2 Å². The van der Waals surface area contributed by atoms with Crippen molar-refractivity contribution in [3.8, 4) is 0 Å². The van der Waals surface area contributed by atoms with E-state index in [0.717, 1.165) is 12.8 Å². The zero-order valence-corrected chi connectivity index (χ0v) is 6.00. The summed E-state index contributed by atoms with van der Waals surface area (Å²) in [6.07, 6.45) is 2.44. The van der Waals surface area contributed by atoms with Gasteiger partial charge in [0, 0.05) is 6.42 Å². The Morgan fingerprint density at radius 3 is 2.80 bits per heavy atom. The van der Waals surface area contributed by atoms with Gasteiger partial charge in [-0.25, -0.2) is 0 Å². The molecule has 0 amide bonds. The fourth-order valence-corrected chi connectivity index (χ4v) is 1.26. The van der Waals surface area contributed by atoms with Crippen LogP contribution in [0.4, 0.5) is 0 Å². The van der Waals surface area contributed by atoms with E-state index in [1.54, 1.807) is 0 Å². The zero-order valence-electron chi connectivity index (χ0n) is 6.00. The summed E-state index contributed by atoms with van der Waals surface area (Å²) in [6, 6.07) is 0. The second-order valence-electron chi connectivity index (χ2n) is 2.70. The van der Waals surface area contributed by atoms with Crippen LogP contribution in [0.3, 0.4) is 0 Å². The normalized spacial score (nSPS) is 26.3. The van der Waals surface area contributed by atoms with Crippen LogP contribution in [0.15, 0.2) is 0 Å². The van der Waals surface area contributed by atoms with Crippen molar-refractivity contribution in [1.29, 1.82) is 0 Å². The van der Waals surface area contributed by atoms with Gasteiger partial charge in [0.1, 0.15) is 0 Å². The van der Waals surface area contributed by atoms with Crippen molar-refractivity contribution in [3.05, 3.63) is 5.53 Å². The summed E-state index contributed by atoms with van der Waals surface area (Å²) < 4.78 is 0. The number of hydrogen-bond donors (Lipinski definition) is 0. The number of rotatable bonds is 0. The fourth-order valence-electron chi connectivity index (χ4n) is 1.26. The third kappa shape index (κ3) is 1.14. The SMILES string of the molecule is CC1CCCC(=O)C1=[N+]=[N-]. The minimum atomic E-state index is 0.00116. The van der Waals surface area contributed by atoms with Gasteiger partial charge in [0.05, 0.1) is 5.92 Å². The molecular formula is C7H10N2O. The van der Waals surface area contributed by atoms with Gasteiger partial charge in [0.2, 0.25) is 5.78 Å². The molecule has 0 radical (unpaired) electrons. The van der Waals surface area contributed by atoms with E-state index in [1.165, 1.54) is 0 Å². The first kappa shape index (κ1) is 7.16. The topological polar surface area (TPSA) is 53.5 Å². The Kier molecular flexibility index (Phi) is 1.97. The van der Waals surface area contributed by atoms with Crippen LogP contribution in [0.2, 0.25) is 0 Å². The van der Waals surface area contributed by atoms with Gasteiger partial charge in [-0.15, -0.1) is 0 Å². The molecule has 0 spiro atoms. The largest absolute Gasteiger partial charge is 0.361 e. The quantitative estimate of drug-likeness (QED) is 0.364. The molecule has 0 aromatic carbocycles. The smallest absolute Gasteiger partial charge is 0.337 e. The number of carbonyl (C=O) groups excluding carboxylic acids is 1. The molecular weight excluding hydrogens is 128 g/mol. The predicted molar refractivity (Wildman–Crippen MR) is 36.6 cm³/mol. The van der Waals surface area contributed by atoms with Crippen molar-refractivity contribution in [1.82, 2.24) is 0 Å². The molecule has 1 rings (SSSR count). The summed E-state index contributed by atoms with van der Waals surface area (Å²) in [4.78, 5) is 13.9. The van der Waals surface area contributed by atoms with Gasteiger partial charge in [-0.1, -0.05) is 6.92 Å². The highest BCUT2D eigenvalue weighted by atomic mass is 16.1. The van der Waals surface area contributed by atoms with Crippen LogP contribution in [0, 0.1) is 5.92 Å². The summed E-state index contributed by atoms with van der Waals surface area (Å²) in [5.74, 6) is 0.146. The van der Waals surface area contributed by atoms with Crippen LogP contribution in [-0.4, -0.2) is 16.3 Å². The van der Waals surface area contributed by atoms with Crippen molar-refractivity contribution < 1.29 is 9.58 Å². The molecule has 0 saturated heterocycles. The fraction of sp³-hybridized carbons (Fsp3) is 0.714. The van der Waals surface area contributed by atoms with E-state index < -0.39 is 0 Å². The van der Waals surface area contributed by atoms with Crippen LogP contribution in [-0.2, 0) is 4.79 Å². The summed E-state index contributed by atoms with van der Waals surface area (Å²) in [7, 11) is 0. The average Bonchev–Trinajstić information content (AvgIpc) is 1.88. The second kappa shape index (κ2) is 2.76. The van der Waals surface area contributed by atoms with E-state index in [2.05, 4.69) is 4.79 Å². The van der Waals surface area contributed by atoms with Crippen LogP contribution in [0.5, 0.6) is 0 Å². The lowest BCUT2D eigenvalue weighted by Gasteiger charge is -2.10. The number of hydrogen-bond acceptors (Lipinski definition) is 1. The molecule has 1 unspecified atom stereocenters. The van der Waals surface area contributed by atoms with Crippen LogP contribution in [0.25, 0.3) is 5.53 Å². The Balaban J connectivity index is 2.83. The highest BCUT2D eigenvalue weighted by Crippen LogP contribution is 2.16. The molecule has 1 fully saturated rings. The predicted octanol–water partition coefficient (Wildman–Crippen LogP) is 1.05. The molecule has 3 nitrogen and oxygen atoms in total. The number of nitrogens with zero attached hydrogens (tertiary/aromatic N) is 2. The molecule has 0 heterocycles. The molecule has 0 aliphatic heterocycles. The molecule has 10 heavy (non-hydrogen) atoms. The molecule has 0 N–H and O–H groups in total. The Morgan fingerprint density at radius 2 is 2.40 bits per heavy atom. The highest BCUT2D eigenvalue weighted by Gasteiger charge is 2.30. The lowest BCUT2D eigenvalue weighted by Crippen LogP contribution is -2.27. The highest BCUT2D eigenvalue weighted by molar-refractivity contribution is 6.38. The van der Waals surface area contributed by atoms with E-state index in [0.29, 0.717) is 12.1 Å². The molecule has 3 heteroatoms. The summed E-state index contributed by atoms with van der Waals surface area (Å²) >= 11 is 0. The minimum Gasteiger partial charge on any atom is -0.361 e. The van der Waals surface area contributed by atoms with Gasteiger partial charge in [-0.2, -0.15) is 4.79 Å². The Hall–Kier alpha value is -0.950. The zero-order chi connectivity index (χ0) is 7.56. The third-order valence-electron chi connectivity index (χ3n) is 1.90. The van der Waals surface area contributed by atoms with Crippen molar-refractivity contribution >= 4 is 11.5 Å². The minimum absolute atomic E-state index is 0.00116. The molecule has 0 bridgehead atoms. The second-order valence-corrected chi connectivity index (χ2v) is 2.70. The molecule has 1 atom stereocenters. The summed E-state index contributed by atoms with van der Waals surface area (Å²) in [5.41, 5.74) is 8.75. The van der Waals surface area contributed by atoms with Crippen molar-refractivity contribution in [3.63, 3.8) is 0 Å². The first-order chi connectivity index (χ1) is 4.75. The number of ketones is 1. The lowest BCUT2D eigenvalue weighted by molar-refractivity contribution is -0.119. The van der Waals surface area contributed by atoms with Gasteiger partial charge in [0.25, 0.3) is 0 Å². The molecule has 0 aromatic rings. The van der Waals surface area contributed by atoms with Crippen molar-refractivity contribution in [2.24, 2.45) is 5.92 Å². The Bertz CT molecular complexity index is 204. The van der Waals surface area contributed by atoms with E-state index in [-0.39, 0.29) is 11.7 Å². The standard InChI is InChI=1S/C7H10N2O/c1-5-3-2-4-6(10)7(5)9-8/h5H,2-4H2,1H3. The van der Waals surface area contributed by atoms with E-state index in [1.807, 2.05) is 6.92 Å². The van der Waals surface area contributed by atoms with Gasteiger partial charge >= 0.3 is 5.71 Å². The van der Waals surface area contributed by atoms with Gasteiger partial charge < -0.3 is 5.53 Å². The monoisotopic (exact) mass is 138 g/mol. The molecule has 54 valence electrons. The lowest BCUT2D eigenvalue weighted by atomic mass is 9.88. The van der Waals surface area contributed by atoms with Crippen LogP contribution < -0.4 is 0 Å². The third-order valence-corrected chi connectivity index (χ3v) is 1.90. The van der Waals surface area contributed by atoms with E-state index in [9.17, 15) is 4.79 Å². The first-order valence-electron chi connectivity index (χ1n) is 3.51. The molecule has 1 aliphatic carbocycles. The van der Waals surface area contributed by atoms with E-state index in [4.69, 9.17) is 5.53 Å². The number of carbonyl (C=O) groups is 1. The maximum absolute atomic E-state index is 10.9. The van der Waals surface area contributed by atoms with Gasteiger partial charge in [0.15, 0.2) is 0 Å².